The van der Waals surface area contributed by atoms with Crippen LogP contribution in [0.5, 0.6) is 0 Å². The first kappa shape index (κ1) is 12.3. The van der Waals surface area contributed by atoms with E-state index < -0.39 is 0 Å². The summed E-state index contributed by atoms with van der Waals surface area (Å²) >= 11 is 3.35. The van der Waals surface area contributed by atoms with Gasteiger partial charge in [0.2, 0.25) is 0 Å². The lowest BCUT2D eigenvalue weighted by Crippen LogP contribution is -2.51. The van der Waals surface area contributed by atoms with Crippen LogP contribution in [0, 0.1) is 0 Å². The van der Waals surface area contributed by atoms with Crippen LogP contribution in [0.4, 0.5) is 0 Å². The van der Waals surface area contributed by atoms with Crippen molar-refractivity contribution in [2.45, 2.75) is 24.9 Å². The van der Waals surface area contributed by atoms with Crippen molar-refractivity contribution in [3.05, 3.63) is 11.1 Å². The fraction of sp³-hybridized carbons (Fsp3) is 0.800. The maximum absolute atomic E-state index is 9.66. The van der Waals surface area contributed by atoms with E-state index in [2.05, 4.69) is 21.5 Å². The molecule has 0 saturated carbocycles. The molecule has 0 amide bonds. The lowest BCUT2D eigenvalue weighted by molar-refractivity contribution is 0.0353. The molecule has 1 aromatic heterocycles. The van der Waals surface area contributed by atoms with Crippen LogP contribution in [0.15, 0.2) is 5.38 Å². The Labute approximate surface area is 104 Å². The molecule has 1 fully saturated rings. The molecule has 0 aromatic carbocycles. The Balaban J connectivity index is 2.02. The number of aromatic nitrogens is 2. The third kappa shape index (κ3) is 2.56. The number of aliphatic hydroxyl groups excluding tert-OH is 1. The van der Waals surface area contributed by atoms with Crippen LogP contribution >= 0.6 is 23.3 Å². The quantitative estimate of drug-likeness (QED) is 0.881. The van der Waals surface area contributed by atoms with E-state index in [0.717, 1.165) is 36.6 Å². The third-order valence-corrected chi connectivity index (χ3v) is 4.87. The molecule has 0 aliphatic carbocycles. The highest BCUT2D eigenvalue weighted by molar-refractivity contribution is 7.99. The average Bonchev–Trinajstić information content (AvgIpc) is 2.82. The molecule has 1 saturated heterocycles. The first-order valence-electron chi connectivity index (χ1n) is 5.43. The van der Waals surface area contributed by atoms with Crippen LogP contribution in [-0.4, -0.2) is 50.3 Å². The average molecular weight is 259 g/mol. The largest absolute Gasteiger partial charge is 0.394 e. The monoisotopic (exact) mass is 259 g/mol. The lowest BCUT2D eigenvalue weighted by atomic mass is 9.91. The fourth-order valence-electron chi connectivity index (χ4n) is 2.08. The molecule has 0 bridgehead atoms. The molecule has 4 nitrogen and oxygen atoms in total. The van der Waals surface area contributed by atoms with Crippen LogP contribution in [0.25, 0.3) is 0 Å². The van der Waals surface area contributed by atoms with Gasteiger partial charge in [0, 0.05) is 17.5 Å². The molecule has 0 atom stereocenters. The normalized spacial score (nSPS) is 20.2. The maximum Gasteiger partial charge on any atom is 0.0895 e. The molecule has 90 valence electrons. The molecule has 0 spiro atoms. The van der Waals surface area contributed by atoms with Gasteiger partial charge in [0.25, 0.3) is 0 Å². The number of thioether (sulfide) groups is 1. The second kappa shape index (κ2) is 5.44. The summed E-state index contributed by atoms with van der Waals surface area (Å²) in [7, 11) is 2.07. The Kier molecular flexibility index (Phi) is 4.18. The van der Waals surface area contributed by atoms with Gasteiger partial charge in [-0.25, -0.2) is 0 Å². The van der Waals surface area contributed by atoms with E-state index in [0.29, 0.717) is 0 Å². The number of rotatable bonds is 4. The second-order valence-electron chi connectivity index (χ2n) is 4.25. The van der Waals surface area contributed by atoms with E-state index in [1.807, 2.05) is 17.1 Å². The van der Waals surface area contributed by atoms with Gasteiger partial charge < -0.3 is 5.11 Å². The Morgan fingerprint density at radius 2 is 2.25 bits per heavy atom. The summed E-state index contributed by atoms with van der Waals surface area (Å²) in [5, 5.41) is 15.7. The molecule has 1 N–H and O–H groups in total. The summed E-state index contributed by atoms with van der Waals surface area (Å²) in [4.78, 5) is 2.24. The molecule has 2 heterocycles. The highest BCUT2D eigenvalue weighted by Gasteiger charge is 2.35. The van der Waals surface area contributed by atoms with E-state index >= 15 is 0 Å². The van der Waals surface area contributed by atoms with Crippen LogP contribution in [-0.2, 0) is 6.54 Å². The predicted molar refractivity (Wildman–Crippen MR) is 67.8 cm³/mol. The van der Waals surface area contributed by atoms with Gasteiger partial charge in [-0.1, -0.05) is 4.49 Å². The summed E-state index contributed by atoms with van der Waals surface area (Å²) in [6.45, 7) is 1.02. The second-order valence-corrected chi connectivity index (χ2v) is 6.08. The van der Waals surface area contributed by atoms with Crippen LogP contribution < -0.4 is 0 Å². The zero-order chi connectivity index (χ0) is 11.4. The summed E-state index contributed by atoms with van der Waals surface area (Å²) in [5.41, 5.74) is 0.952. The Hall–Kier alpha value is -0.170. The van der Waals surface area contributed by atoms with E-state index in [4.69, 9.17) is 0 Å². The summed E-state index contributed by atoms with van der Waals surface area (Å²) < 4.78 is 3.87. The minimum absolute atomic E-state index is 0.0468. The lowest BCUT2D eigenvalue weighted by Gasteiger charge is -2.42. The van der Waals surface area contributed by atoms with E-state index in [9.17, 15) is 5.11 Å². The highest BCUT2D eigenvalue weighted by atomic mass is 32.2. The van der Waals surface area contributed by atoms with Gasteiger partial charge in [0.15, 0.2) is 0 Å². The van der Waals surface area contributed by atoms with Crippen molar-refractivity contribution in [3.63, 3.8) is 0 Å². The minimum Gasteiger partial charge on any atom is -0.394 e. The molecule has 1 aromatic rings. The number of hydrogen-bond acceptors (Lipinski definition) is 6. The van der Waals surface area contributed by atoms with E-state index in [-0.39, 0.29) is 12.1 Å². The molecule has 0 unspecified atom stereocenters. The van der Waals surface area contributed by atoms with E-state index in [1.54, 1.807) is 0 Å². The van der Waals surface area contributed by atoms with Gasteiger partial charge in [0.1, 0.15) is 0 Å². The summed E-state index contributed by atoms with van der Waals surface area (Å²) in [6.07, 6.45) is 2.12. The van der Waals surface area contributed by atoms with Gasteiger partial charge >= 0.3 is 0 Å². The number of nitrogens with zero attached hydrogens (tertiary/aromatic N) is 3. The first-order chi connectivity index (χ1) is 7.77. The van der Waals surface area contributed by atoms with Crippen LogP contribution in [0.3, 0.4) is 0 Å². The Bertz CT molecular complexity index is 312. The molecule has 2 rings (SSSR count). The zero-order valence-electron chi connectivity index (χ0n) is 9.43. The summed E-state index contributed by atoms with van der Waals surface area (Å²) in [5.74, 6) is 2.28. The van der Waals surface area contributed by atoms with Gasteiger partial charge in [0.05, 0.1) is 12.3 Å². The molecular formula is C10H17N3OS2. The topological polar surface area (TPSA) is 49.2 Å². The number of hydrogen-bond donors (Lipinski definition) is 1. The van der Waals surface area contributed by atoms with E-state index in [1.165, 1.54) is 11.5 Å². The van der Waals surface area contributed by atoms with Crippen LogP contribution in [0.1, 0.15) is 18.5 Å². The van der Waals surface area contributed by atoms with Crippen molar-refractivity contribution in [1.29, 1.82) is 0 Å². The van der Waals surface area contributed by atoms with Crippen molar-refractivity contribution in [1.82, 2.24) is 14.5 Å². The number of likely N-dealkylation sites (N-methyl/N-ethyl adjacent to an activating group) is 1. The maximum atomic E-state index is 9.66. The number of aliphatic hydroxyl groups is 1. The predicted octanol–water partition coefficient (Wildman–Crippen LogP) is 1.23. The summed E-state index contributed by atoms with van der Waals surface area (Å²) in [6, 6.07) is 0. The van der Waals surface area contributed by atoms with Gasteiger partial charge in [-0.15, -0.1) is 5.10 Å². The van der Waals surface area contributed by atoms with Gasteiger partial charge in [-0.05, 0) is 42.9 Å². The van der Waals surface area contributed by atoms with Gasteiger partial charge in [-0.3, -0.25) is 4.90 Å². The molecule has 0 radical (unpaired) electrons. The van der Waals surface area contributed by atoms with Crippen molar-refractivity contribution in [3.8, 4) is 0 Å². The molecule has 6 heteroatoms. The van der Waals surface area contributed by atoms with Gasteiger partial charge in [-0.2, -0.15) is 11.8 Å². The minimum atomic E-state index is -0.0468. The highest BCUT2D eigenvalue weighted by Crippen LogP contribution is 2.32. The standard InChI is InChI=1S/C10H17N3OS2/c1-13(6-9-7-16-12-11-9)10(8-14)2-4-15-5-3-10/h7,14H,2-6,8H2,1H3. The first-order valence-corrected chi connectivity index (χ1v) is 7.42. The molecular weight excluding hydrogens is 242 g/mol. The zero-order valence-corrected chi connectivity index (χ0v) is 11.1. The molecule has 1 aliphatic rings. The van der Waals surface area contributed by atoms with Crippen LogP contribution in [0.2, 0.25) is 0 Å². The third-order valence-electron chi connectivity index (χ3n) is 3.33. The fourth-order valence-corrected chi connectivity index (χ4v) is 3.77. The SMILES string of the molecule is CN(Cc1csnn1)C1(CO)CCSCC1. The van der Waals surface area contributed by atoms with Crippen molar-refractivity contribution >= 4 is 23.3 Å². The Morgan fingerprint density at radius 1 is 1.50 bits per heavy atom. The molecule has 16 heavy (non-hydrogen) atoms. The van der Waals surface area contributed by atoms with Crippen molar-refractivity contribution in [2.75, 3.05) is 25.2 Å². The molecule has 1 aliphatic heterocycles. The van der Waals surface area contributed by atoms with Crippen molar-refractivity contribution < 1.29 is 5.11 Å². The van der Waals surface area contributed by atoms with Crippen molar-refractivity contribution in [2.24, 2.45) is 0 Å². The smallest absolute Gasteiger partial charge is 0.0895 e. The Morgan fingerprint density at radius 3 is 2.81 bits per heavy atom.